The van der Waals surface area contributed by atoms with Crippen molar-refractivity contribution >= 4 is 34.8 Å². The summed E-state index contributed by atoms with van der Waals surface area (Å²) in [6.45, 7) is 1.10. The molecule has 0 saturated carbocycles. The lowest BCUT2D eigenvalue weighted by Gasteiger charge is -2.14. The molecule has 0 radical (unpaired) electrons. The second-order valence-corrected chi connectivity index (χ2v) is 5.06. The molecule has 18 heavy (non-hydrogen) atoms. The SMILES string of the molecule is O=C(CN1CCC(F)C1)Nc1cccc(Cl)c1Cl. The molecule has 1 aliphatic heterocycles. The number of hydrogen-bond acceptors (Lipinski definition) is 2. The summed E-state index contributed by atoms with van der Waals surface area (Å²) in [5, 5.41) is 3.38. The zero-order valence-electron chi connectivity index (χ0n) is 9.63. The largest absolute Gasteiger partial charge is 0.324 e. The summed E-state index contributed by atoms with van der Waals surface area (Å²) in [5.41, 5.74) is 0.477. The van der Waals surface area contributed by atoms with Crippen LogP contribution in [0.2, 0.25) is 10.0 Å². The predicted octanol–water partition coefficient (Wildman–Crippen LogP) is 2.98. The molecule has 1 atom stereocenters. The van der Waals surface area contributed by atoms with Crippen molar-refractivity contribution in [3.8, 4) is 0 Å². The van der Waals surface area contributed by atoms with E-state index in [-0.39, 0.29) is 12.5 Å². The van der Waals surface area contributed by atoms with Crippen molar-refractivity contribution in [1.82, 2.24) is 4.90 Å². The number of halogens is 3. The van der Waals surface area contributed by atoms with Gasteiger partial charge < -0.3 is 5.32 Å². The Morgan fingerprint density at radius 2 is 2.28 bits per heavy atom. The molecule has 0 aliphatic carbocycles. The van der Waals surface area contributed by atoms with E-state index in [2.05, 4.69) is 5.32 Å². The molecule has 1 heterocycles. The first-order valence-electron chi connectivity index (χ1n) is 5.66. The highest BCUT2D eigenvalue weighted by Crippen LogP contribution is 2.29. The summed E-state index contributed by atoms with van der Waals surface area (Å²) >= 11 is 11.8. The number of likely N-dealkylation sites (tertiary alicyclic amines) is 1. The van der Waals surface area contributed by atoms with Gasteiger partial charge in [0.1, 0.15) is 6.17 Å². The van der Waals surface area contributed by atoms with Gasteiger partial charge in [0.25, 0.3) is 0 Å². The molecular weight excluding hydrogens is 278 g/mol. The standard InChI is InChI=1S/C12H13Cl2FN2O/c13-9-2-1-3-10(12(9)14)16-11(18)7-17-5-4-8(15)6-17/h1-3,8H,4-7H2,(H,16,18). The van der Waals surface area contributed by atoms with E-state index in [4.69, 9.17) is 23.2 Å². The van der Waals surface area contributed by atoms with Gasteiger partial charge in [0, 0.05) is 13.1 Å². The number of benzene rings is 1. The lowest BCUT2D eigenvalue weighted by atomic mass is 10.3. The summed E-state index contributed by atoms with van der Waals surface area (Å²) in [7, 11) is 0. The van der Waals surface area contributed by atoms with Gasteiger partial charge in [0.05, 0.1) is 22.3 Å². The van der Waals surface area contributed by atoms with Crippen molar-refractivity contribution in [2.45, 2.75) is 12.6 Å². The first kappa shape index (κ1) is 13.6. The molecule has 98 valence electrons. The molecular formula is C12H13Cl2FN2O. The Hall–Kier alpha value is -0.840. The Morgan fingerprint density at radius 1 is 1.50 bits per heavy atom. The van der Waals surface area contributed by atoms with Gasteiger partial charge in [-0.2, -0.15) is 0 Å². The topological polar surface area (TPSA) is 32.3 Å². The number of hydrogen-bond donors (Lipinski definition) is 1. The quantitative estimate of drug-likeness (QED) is 0.928. The van der Waals surface area contributed by atoms with Crippen molar-refractivity contribution < 1.29 is 9.18 Å². The Labute approximate surface area is 115 Å². The minimum Gasteiger partial charge on any atom is -0.324 e. The number of nitrogens with one attached hydrogen (secondary N) is 1. The normalized spacial score (nSPS) is 20.1. The fourth-order valence-electron chi connectivity index (χ4n) is 1.92. The number of carbonyl (C=O) groups is 1. The molecule has 1 aromatic rings. The third-order valence-electron chi connectivity index (χ3n) is 2.81. The van der Waals surface area contributed by atoms with Gasteiger partial charge in [-0.3, -0.25) is 9.69 Å². The van der Waals surface area contributed by atoms with E-state index in [9.17, 15) is 9.18 Å². The summed E-state index contributed by atoms with van der Waals surface area (Å²) in [4.78, 5) is 13.5. The molecule has 1 aromatic carbocycles. The average molecular weight is 291 g/mol. The first-order chi connectivity index (χ1) is 8.56. The van der Waals surface area contributed by atoms with Crippen LogP contribution in [0.15, 0.2) is 18.2 Å². The molecule has 1 fully saturated rings. The molecule has 3 nitrogen and oxygen atoms in total. The van der Waals surface area contributed by atoms with Crippen molar-refractivity contribution in [3.05, 3.63) is 28.2 Å². The summed E-state index contributed by atoms with van der Waals surface area (Å²) in [6, 6.07) is 5.03. The fraction of sp³-hybridized carbons (Fsp3) is 0.417. The van der Waals surface area contributed by atoms with Gasteiger partial charge in [-0.25, -0.2) is 4.39 Å². The summed E-state index contributed by atoms with van der Waals surface area (Å²) in [5.74, 6) is -0.215. The van der Waals surface area contributed by atoms with Crippen LogP contribution in [0.3, 0.4) is 0 Å². The number of carbonyl (C=O) groups excluding carboxylic acids is 1. The summed E-state index contributed by atoms with van der Waals surface area (Å²) < 4.78 is 13.0. The smallest absolute Gasteiger partial charge is 0.238 e. The molecule has 1 saturated heterocycles. The molecule has 0 bridgehead atoms. The average Bonchev–Trinajstić information content (AvgIpc) is 2.70. The van der Waals surface area contributed by atoms with Crippen LogP contribution in [-0.4, -0.2) is 36.6 Å². The zero-order chi connectivity index (χ0) is 13.1. The second kappa shape index (κ2) is 5.87. The Balaban J connectivity index is 1.93. The van der Waals surface area contributed by atoms with Crippen LogP contribution < -0.4 is 5.32 Å². The van der Waals surface area contributed by atoms with Gasteiger partial charge in [-0.05, 0) is 18.6 Å². The Kier molecular flexibility index (Phi) is 4.43. The number of amides is 1. The maximum absolute atomic E-state index is 13.0. The van der Waals surface area contributed by atoms with E-state index < -0.39 is 6.17 Å². The highest BCUT2D eigenvalue weighted by Gasteiger charge is 2.23. The van der Waals surface area contributed by atoms with E-state index in [0.717, 1.165) is 0 Å². The third-order valence-corrected chi connectivity index (χ3v) is 3.63. The highest BCUT2D eigenvalue weighted by atomic mass is 35.5. The zero-order valence-corrected chi connectivity index (χ0v) is 11.1. The number of rotatable bonds is 3. The van der Waals surface area contributed by atoms with Gasteiger partial charge in [-0.1, -0.05) is 29.3 Å². The number of nitrogens with zero attached hydrogens (tertiary/aromatic N) is 1. The highest BCUT2D eigenvalue weighted by molar-refractivity contribution is 6.43. The lowest BCUT2D eigenvalue weighted by Crippen LogP contribution is -2.31. The predicted molar refractivity (Wildman–Crippen MR) is 71.0 cm³/mol. The minimum absolute atomic E-state index is 0.170. The molecule has 1 aliphatic rings. The van der Waals surface area contributed by atoms with E-state index in [1.807, 2.05) is 0 Å². The molecule has 0 aromatic heterocycles. The first-order valence-corrected chi connectivity index (χ1v) is 6.42. The summed E-state index contributed by atoms with van der Waals surface area (Å²) in [6.07, 6.45) is -0.335. The van der Waals surface area contributed by atoms with Crippen LogP contribution in [0.1, 0.15) is 6.42 Å². The molecule has 1 unspecified atom stereocenters. The van der Waals surface area contributed by atoms with Crippen LogP contribution in [0.5, 0.6) is 0 Å². The van der Waals surface area contributed by atoms with E-state index in [0.29, 0.717) is 35.2 Å². The molecule has 1 N–H and O–H groups in total. The fourth-order valence-corrected chi connectivity index (χ4v) is 2.27. The molecule has 0 spiro atoms. The number of anilines is 1. The molecule has 1 amide bonds. The van der Waals surface area contributed by atoms with E-state index >= 15 is 0 Å². The van der Waals surface area contributed by atoms with Crippen LogP contribution >= 0.6 is 23.2 Å². The van der Waals surface area contributed by atoms with Crippen LogP contribution in [0, 0.1) is 0 Å². The van der Waals surface area contributed by atoms with Gasteiger partial charge in [-0.15, -0.1) is 0 Å². The van der Waals surface area contributed by atoms with Crippen LogP contribution in [0.25, 0.3) is 0 Å². The second-order valence-electron chi connectivity index (χ2n) is 4.27. The Morgan fingerprint density at radius 3 is 2.94 bits per heavy atom. The van der Waals surface area contributed by atoms with Gasteiger partial charge >= 0.3 is 0 Å². The van der Waals surface area contributed by atoms with Crippen molar-refractivity contribution in [3.63, 3.8) is 0 Å². The van der Waals surface area contributed by atoms with Gasteiger partial charge in [0.2, 0.25) is 5.91 Å². The molecule has 6 heteroatoms. The van der Waals surface area contributed by atoms with Crippen molar-refractivity contribution in [2.75, 3.05) is 25.0 Å². The third kappa shape index (κ3) is 3.34. The van der Waals surface area contributed by atoms with E-state index in [1.165, 1.54) is 0 Å². The minimum atomic E-state index is -0.826. The van der Waals surface area contributed by atoms with Crippen LogP contribution in [-0.2, 0) is 4.79 Å². The van der Waals surface area contributed by atoms with Crippen molar-refractivity contribution in [2.24, 2.45) is 0 Å². The monoisotopic (exact) mass is 290 g/mol. The van der Waals surface area contributed by atoms with Crippen LogP contribution in [0.4, 0.5) is 10.1 Å². The maximum Gasteiger partial charge on any atom is 0.238 e. The number of alkyl halides is 1. The van der Waals surface area contributed by atoms with Crippen molar-refractivity contribution in [1.29, 1.82) is 0 Å². The maximum atomic E-state index is 13.0. The van der Waals surface area contributed by atoms with Gasteiger partial charge in [0.15, 0.2) is 0 Å². The molecule has 2 rings (SSSR count). The van der Waals surface area contributed by atoms with E-state index in [1.54, 1.807) is 23.1 Å². The Bertz CT molecular complexity index is 456. The lowest BCUT2D eigenvalue weighted by molar-refractivity contribution is -0.117.